The molecule has 0 radical (unpaired) electrons. The number of likely N-dealkylation sites (N-methyl/N-ethyl adjacent to an activating group) is 1. The molecule has 4 heterocycles. The van der Waals surface area contributed by atoms with E-state index in [-0.39, 0.29) is 5.91 Å². The summed E-state index contributed by atoms with van der Waals surface area (Å²) in [5.74, 6) is 2.55. The number of nitrogens with zero attached hydrogens (tertiary/aromatic N) is 5. The molecule has 0 spiro atoms. The molecule has 8 heteroatoms. The Balaban J connectivity index is 1.43. The molecular weight excluding hydrogens is 392 g/mol. The maximum Gasteiger partial charge on any atom is 0.260 e. The van der Waals surface area contributed by atoms with Gasteiger partial charge < -0.3 is 19.5 Å². The van der Waals surface area contributed by atoms with Crippen LogP contribution >= 0.6 is 0 Å². The van der Waals surface area contributed by atoms with Gasteiger partial charge in [-0.3, -0.25) is 4.79 Å². The van der Waals surface area contributed by atoms with E-state index in [0.717, 1.165) is 49.6 Å². The number of ether oxygens (including phenoxy) is 1. The molecule has 8 nitrogen and oxygen atoms in total. The number of fused-ring (bicyclic) bond motifs is 2. The maximum absolute atomic E-state index is 13.1. The molecule has 0 aliphatic carbocycles. The number of methoxy groups -OCH3 is 1. The van der Waals surface area contributed by atoms with Gasteiger partial charge in [0.05, 0.1) is 12.7 Å². The largest absolute Gasteiger partial charge is 0.496 e. The molecule has 0 saturated heterocycles. The quantitative estimate of drug-likeness (QED) is 0.701. The third-order valence-corrected chi connectivity index (χ3v) is 6.18. The van der Waals surface area contributed by atoms with Crippen LogP contribution in [0, 0.1) is 0 Å². The number of nitrogens with one attached hydrogen (secondary N) is 1. The van der Waals surface area contributed by atoms with Crippen molar-refractivity contribution in [2.24, 2.45) is 0 Å². The molecule has 3 aromatic rings. The Morgan fingerprint density at radius 2 is 2.06 bits per heavy atom. The first-order valence-corrected chi connectivity index (χ1v) is 10.6. The molecule has 160 valence electrons. The molecule has 2 aliphatic rings. The van der Waals surface area contributed by atoms with Gasteiger partial charge in [0.1, 0.15) is 23.1 Å². The van der Waals surface area contributed by atoms with Gasteiger partial charge in [0.25, 0.3) is 5.91 Å². The zero-order chi connectivity index (χ0) is 21.5. The molecule has 0 unspecified atom stereocenters. The van der Waals surface area contributed by atoms with Crippen molar-refractivity contribution in [2.45, 2.75) is 38.8 Å². The van der Waals surface area contributed by atoms with Gasteiger partial charge in [-0.05, 0) is 62.2 Å². The summed E-state index contributed by atoms with van der Waals surface area (Å²) >= 11 is 0. The maximum atomic E-state index is 13.1. The highest BCUT2D eigenvalue weighted by Gasteiger charge is 2.25. The molecule has 1 aromatic carbocycles. The third kappa shape index (κ3) is 3.57. The van der Waals surface area contributed by atoms with Crippen molar-refractivity contribution in [3.63, 3.8) is 0 Å². The lowest BCUT2D eigenvalue weighted by atomic mass is 9.96. The fourth-order valence-electron chi connectivity index (χ4n) is 4.49. The van der Waals surface area contributed by atoms with E-state index in [1.807, 2.05) is 24.3 Å². The van der Waals surface area contributed by atoms with E-state index >= 15 is 0 Å². The fourth-order valence-corrected chi connectivity index (χ4v) is 4.49. The van der Waals surface area contributed by atoms with Crippen molar-refractivity contribution in [3.05, 3.63) is 52.8 Å². The summed E-state index contributed by atoms with van der Waals surface area (Å²) < 4.78 is 7.66. The van der Waals surface area contributed by atoms with Crippen LogP contribution in [0.2, 0.25) is 0 Å². The topological polar surface area (TPSA) is 85.2 Å². The van der Waals surface area contributed by atoms with Crippen LogP contribution < -0.4 is 10.1 Å². The van der Waals surface area contributed by atoms with Crippen LogP contribution in [0.5, 0.6) is 5.75 Å². The van der Waals surface area contributed by atoms with E-state index in [9.17, 15) is 4.79 Å². The van der Waals surface area contributed by atoms with Crippen LogP contribution in [0.15, 0.2) is 30.3 Å². The van der Waals surface area contributed by atoms with E-state index in [0.29, 0.717) is 28.9 Å². The summed E-state index contributed by atoms with van der Waals surface area (Å²) in [7, 11) is 3.68. The van der Waals surface area contributed by atoms with Crippen molar-refractivity contribution in [2.75, 3.05) is 26.0 Å². The summed E-state index contributed by atoms with van der Waals surface area (Å²) in [4.78, 5) is 20.0. The van der Waals surface area contributed by atoms with Crippen LogP contribution in [0.1, 0.15) is 46.7 Å². The number of carbonyl (C=O) groups excluding carboxylic acids is 1. The number of hydrogen-bond donors (Lipinski definition) is 1. The highest BCUT2D eigenvalue weighted by Crippen LogP contribution is 2.31. The van der Waals surface area contributed by atoms with Gasteiger partial charge in [-0.15, -0.1) is 10.2 Å². The minimum absolute atomic E-state index is 0.239. The van der Waals surface area contributed by atoms with Crippen molar-refractivity contribution >= 4 is 11.7 Å². The van der Waals surface area contributed by atoms with Crippen LogP contribution in [0.3, 0.4) is 0 Å². The van der Waals surface area contributed by atoms with Gasteiger partial charge in [-0.2, -0.15) is 0 Å². The lowest BCUT2D eigenvalue weighted by Gasteiger charge is -2.26. The number of amides is 1. The van der Waals surface area contributed by atoms with Gasteiger partial charge in [-0.25, -0.2) is 4.98 Å². The van der Waals surface area contributed by atoms with Crippen molar-refractivity contribution in [1.82, 2.24) is 24.6 Å². The monoisotopic (exact) mass is 418 g/mol. The molecule has 0 fully saturated rings. The Kier molecular flexibility index (Phi) is 4.94. The predicted octanol–water partition coefficient (Wildman–Crippen LogP) is 3.10. The molecule has 0 saturated carbocycles. The van der Waals surface area contributed by atoms with Gasteiger partial charge >= 0.3 is 0 Å². The van der Waals surface area contributed by atoms with Crippen LogP contribution in [-0.2, 0) is 19.4 Å². The average molecular weight is 419 g/mol. The SMILES string of the molecule is COc1cc2c(cc1C(=O)Nc1cccc(-c3nnc4n3[C@@H](C)CC4)n1)CN(C)CC2. The number of benzene rings is 1. The van der Waals surface area contributed by atoms with E-state index in [1.165, 1.54) is 5.56 Å². The van der Waals surface area contributed by atoms with Gasteiger partial charge in [-0.1, -0.05) is 6.07 Å². The normalized spacial score (nSPS) is 17.8. The second-order valence-electron chi connectivity index (χ2n) is 8.37. The second kappa shape index (κ2) is 7.77. The molecule has 1 amide bonds. The Labute approximate surface area is 181 Å². The number of aryl methyl sites for hydroxylation is 1. The standard InChI is InChI=1S/C23H26N6O2/c1-14-7-8-21-26-27-22(29(14)21)18-5-4-6-20(24-18)25-23(30)17-11-16-13-28(2)10-9-15(16)12-19(17)31-3/h4-6,11-12,14H,7-10,13H2,1-3H3,(H,24,25,30)/t14-/m0/s1. The highest BCUT2D eigenvalue weighted by atomic mass is 16.5. The van der Waals surface area contributed by atoms with Gasteiger partial charge in [0.2, 0.25) is 0 Å². The summed E-state index contributed by atoms with van der Waals surface area (Å²) in [6.45, 7) is 3.99. The van der Waals surface area contributed by atoms with Crippen molar-refractivity contribution < 1.29 is 9.53 Å². The summed E-state index contributed by atoms with van der Waals surface area (Å²) in [5.41, 5.74) is 3.61. The molecule has 2 aliphatic heterocycles. The van der Waals surface area contributed by atoms with Crippen LogP contribution in [0.4, 0.5) is 5.82 Å². The molecule has 0 bridgehead atoms. The lowest BCUT2D eigenvalue weighted by Crippen LogP contribution is -2.27. The summed E-state index contributed by atoms with van der Waals surface area (Å²) in [6, 6.07) is 9.83. The van der Waals surface area contributed by atoms with Gasteiger partial charge in [0, 0.05) is 25.6 Å². The third-order valence-electron chi connectivity index (χ3n) is 6.18. The number of carbonyl (C=O) groups is 1. The Hall–Kier alpha value is -3.26. The molecule has 2 aromatic heterocycles. The second-order valence-corrected chi connectivity index (χ2v) is 8.37. The number of anilines is 1. The number of hydrogen-bond acceptors (Lipinski definition) is 6. The van der Waals surface area contributed by atoms with Crippen molar-refractivity contribution in [1.29, 1.82) is 0 Å². The first kappa shape index (κ1) is 19.7. The first-order valence-electron chi connectivity index (χ1n) is 10.6. The molecule has 31 heavy (non-hydrogen) atoms. The molecule has 1 atom stereocenters. The number of aromatic nitrogens is 4. The van der Waals surface area contributed by atoms with E-state index < -0.39 is 0 Å². The summed E-state index contributed by atoms with van der Waals surface area (Å²) in [6.07, 6.45) is 2.94. The fraction of sp³-hybridized carbons (Fsp3) is 0.391. The van der Waals surface area contributed by atoms with Gasteiger partial charge in [0.15, 0.2) is 5.82 Å². The molecule has 5 rings (SSSR count). The highest BCUT2D eigenvalue weighted by molar-refractivity contribution is 6.06. The van der Waals surface area contributed by atoms with Crippen molar-refractivity contribution in [3.8, 4) is 17.3 Å². The Morgan fingerprint density at radius 1 is 1.19 bits per heavy atom. The predicted molar refractivity (Wildman–Crippen MR) is 117 cm³/mol. The van der Waals surface area contributed by atoms with E-state index in [4.69, 9.17) is 4.74 Å². The molecular formula is C23H26N6O2. The zero-order valence-electron chi connectivity index (χ0n) is 18.1. The minimum Gasteiger partial charge on any atom is -0.496 e. The minimum atomic E-state index is -0.239. The average Bonchev–Trinajstić information content (AvgIpc) is 3.36. The zero-order valence-corrected chi connectivity index (χ0v) is 18.1. The van der Waals surface area contributed by atoms with Crippen LogP contribution in [-0.4, -0.2) is 51.3 Å². The number of rotatable bonds is 4. The lowest BCUT2D eigenvalue weighted by molar-refractivity contribution is 0.102. The Morgan fingerprint density at radius 3 is 2.90 bits per heavy atom. The molecule has 1 N–H and O–H groups in total. The number of pyridine rings is 1. The van der Waals surface area contributed by atoms with Crippen LogP contribution in [0.25, 0.3) is 11.5 Å². The first-order chi connectivity index (χ1) is 15.0. The summed E-state index contributed by atoms with van der Waals surface area (Å²) in [5, 5.41) is 11.6. The van der Waals surface area contributed by atoms with E-state index in [2.05, 4.69) is 43.9 Å². The smallest absolute Gasteiger partial charge is 0.260 e. The Bertz CT molecular complexity index is 1150. The van der Waals surface area contributed by atoms with E-state index in [1.54, 1.807) is 13.2 Å².